The second kappa shape index (κ2) is 6.10. The summed E-state index contributed by atoms with van der Waals surface area (Å²) >= 11 is 0. The van der Waals surface area contributed by atoms with Crippen molar-refractivity contribution in [3.8, 4) is 6.07 Å². The Labute approximate surface area is 146 Å². The molecule has 25 heavy (non-hydrogen) atoms. The number of nitriles is 1. The predicted molar refractivity (Wildman–Crippen MR) is 96.9 cm³/mol. The van der Waals surface area contributed by atoms with Crippen molar-refractivity contribution in [3.05, 3.63) is 71.4 Å². The highest BCUT2D eigenvalue weighted by Crippen LogP contribution is 2.42. The zero-order valence-corrected chi connectivity index (χ0v) is 14.1. The van der Waals surface area contributed by atoms with Crippen molar-refractivity contribution in [1.29, 1.82) is 5.26 Å². The molecule has 1 fully saturated rings. The van der Waals surface area contributed by atoms with Crippen LogP contribution in [0.4, 0.5) is 0 Å². The van der Waals surface area contributed by atoms with Gasteiger partial charge in [0.2, 0.25) is 5.91 Å². The van der Waals surface area contributed by atoms with Gasteiger partial charge in [0.05, 0.1) is 6.04 Å². The Hall–Kier alpha value is -3.06. The number of fused-ring (bicyclic) bond motifs is 1. The first-order valence-electron chi connectivity index (χ1n) is 8.52. The fraction of sp³-hybridized carbons (Fsp3) is 0.238. The highest BCUT2D eigenvalue weighted by atomic mass is 16.1. The third-order valence-electron chi connectivity index (χ3n) is 5.18. The van der Waals surface area contributed by atoms with Gasteiger partial charge in [-0.15, -0.1) is 0 Å². The van der Waals surface area contributed by atoms with E-state index in [1.807, 2.05) is 60.1 Å². The van der Waals surface area contributed by atoms with Crippen LogP contribution in [0.25, 0.3) is 10.9 Å². The van der Waals surface area contributed by atoms with E-state index < -0.39 is 0 Å². The number of carbonyl (C=O) groups excluding carboxylic acids is 1. The molecule has 4 rings (SSSR count). The summed E-state index contributed by atoms with van der Waals surface area (Å²) in [6.07, 6.45) is 1.23. The van der Waals surface area contributed by atoms with E-state index >= 15 is 0 Å². The van der Waals surface area contributed by atoms with Crippen LogP contribution in [0.15, 0.2) is 54.6 Å². The number of nitrogens with one attached hydrogen (secondary N) is 1. The Morgan fingerprint density at radius 3 is 2.60 bits per heavy atom. The number of rotatable bonds is 2. The number of aryl methyl sites for hydroxylation is 1. The third-order valence-corrected chi connectivity index (χ3v) is 5.18. The van der Waals surface area contributed by atoms with Gasteiger partial charge in [0, 0.05) is 35.9 Å². The first-order valence-corrected chi connectivity index (χ1v) is 8.52. The van der Waals surface area contributed by atoms with Gasteiger partial charge in [-0.3, -0.25) is 4.79 Å². The highest BCUT2D eigenvalue weighted by molar-refractivity contribution is 5.88. The number of nitrogens with zero attached hydrogens (tertiary/aromatic N) is 2. The molecule has 1 aliphatic rings. The molecule has 2 atom stereocenters. The van der Waals surface area contributed by atoms with Crippen LogP contribution in [0, 0.1) is 11.3 Å². The van der Waals surface area contributed by atoms with Gasteiger partial charge in [0.1, 0.15) is 11.8 Å². The van der Waals surface area contributed by atoms with Crippen molar-refractivity contribution < 1.29 is 4.79 Å². The lowest BCUT2D eigenvalue weighted by atomic mass is 9.80. The van der Waals surface area contributed by atoms with Crippen LogP contribution >= 0.6 is 0 Å². The fourth-order valence-corrected chi connectivity index (χ4v) is 4.02. The number of benzene rings is 2. The van der Waals surface area contributed by atoms with Crippen molar-refractivity contribution in [2.45, 2.75) is 24.8 Å². The number of hydrogen-bond donors (Lipinski definition) is 1. The molecule has 1 aromatic heterocycles. The molecule has 1 aliphatic heterocycles. The minimum absolute atomic E-state index is 0.0730. The minimum Gasteiger partial charge on any atom is -0.349 e. The first kappa shape index (κ1) is 15.5. The summed E-state index contributed by atoms with van der Waals surface area (Å²) in [4.78, 5) is 12.1. The largest absolute Gasteiger partial charge is 0.349 e. The number of para-hydroxylation sites is 1. The Morgan fingerprint density at radius 1 is 1.12 bits per heavy atom. The SMILES string of the molecule is Cn1c(C#N)c(C2CCC(=O)NC2c2ccccc2)c2ccccc21. The number of piperidine rings is 1. The van der Waals surface area contributed by atoms with Gasteiger partial charge in [-0.05, 0) is 18.1 Å². The number of hydrogen-bond acceptors (Lipinski definition) is 2. The first-order chi connectivity index (χ1) is 12.2. The summed E-state index contributed by atoms with van der Waals surface area (Å²) in [7, 11) is 1.93. The molecule has 0 spiro atoms. The van der Waals surface area contributed by atoms with Gasteiger partial charge in [-0.25, -0.2) is 0 Å². The van der Waals surface area contributed by atoms with Crippen LogP contribution in [-0.4, -0.2) is 10.5 Å². The summed E-state index contributed by atoms with van der Waals surface area (Å²) in [5, 5.41) is 14.0. The second-order valence-electron chi connectivity index (χ2n) is 6.55. The quantitative estimate of drug-likeness (QED) is 0.778. The lowest BCUT2D eigenvalue weighted by Crippen LogP contribution is -2.37. The zero-order valence-electron chi connectivity index (χ0n) is 14.1. The maximum Gasteiger partial charge on any atom is 0.220 e. The van der Waals surface area contributed by atoms with E-state index in [1.165, 1.54) is 0 Å². The Balaban J connectivity index is 1.92. The number of amides is 1. The van der Waals surface area contributed by atoms with Crippen LogP contribution in [0.5, 0.6) is 0 Å². The molecular weight excluding hydrogens is 310 g/mol. The van der Waals surface area contributed by atoms with Crippen molar-refractivity contribution in [1.82, 2.24) is 9.88 Å². The molecule has 4 nitrogen and oxygen atoms in total. The second-order valence-corrected chi connectivity index (χ2v) is 6.55. The Morgan fingerprint density at radius 2 is 1.84 bits per heavy atom. The van der Waals surface area contributed by atoms with E-state index in [4.69, 9.17) is 0 Å². The van der Waals surface area contributed by atoms with Crippen LogP contribution in [0.3, 0.4) is 0 Å². The van der Waals surface area contributed by atoms with Gasteiger partial charge in [-0.1, -0.05) is 48.5 Å². The average Bonchev–Trinajstić information content (AvgIpc) is 2.94. The molecule has 0 bridgehead atoms. The van der Waals surface area contributed by atoms with Crippen molar-refractivity contribution >= 4 is 16.8 Å². The van der Waals surface area contributed by atoms with E-state index in [2.05, 4.69) is 17.5 Å². The maximum atomic E-state index is 12.1. The lowest BCUT2D eigenvalue weighted by Gasteiger charge is -2.33. The fourth-order valence-electron chi connectivity index (χ4n) is 4.02. The molecular formula is C21H19N3O. The van der Waals surface area contributed by atoms with Gasteiger partial charge in [0.25, 0.3) is 0 Å². The summed E-state index contributed by atoms with van der Waals surface area (Å²) in [5.41, 5.74) is 3.87. The molecule has 1 amide bonds. The molecule has 2 aromatic carbocycles. The monoisotopic (exact) mass is 329 g/mol. The topological polar surface area (TPSA) is 57.8 Å². The average molecular weight is 329 g/mol. The summed E-state index contributed by atoms with van der Waals surface area (Å²) in [6.45, 7) is 0. The Bertz CT molecular complexity index is 982. The number of aromatic nitrogens is 1. The van der Waals surface area contributed by atoms with Gasteiger partial charge >= 0.3 is 0 Å². The molecule has 2 heterocycles. The third kappa shape index (κ3) is 2.49. The molecule has 3 aromatic rings. The molecule has 0 radical (unpaired) electrons. The summed E-state index contributed by atoms with van der Waals surface area (Å²) in [6, 6.07) is 20.4. The van der Waals surface area contributed by atoms with E-state index in [-0.39, 0.29) is 17.9 Å². The molecule has 1 saturated heterocycles. The molecule has 2 unspecified atom stereocenters. The van der Waals surface area contributed by atoms with Crippen molar-refractivity contribution in [3.63, 3.8) is 0 Å². The number of carbonyl (C=O) groups is 1. The van der Waals surface area contributed by atoms with E-state index in [1.54, 1.807) is 0 Å². The molecule has 4 heteroatoms. The van der Waals surface area contributed by atoms with Crippen molar-refractivity contribution in [2.75, 3.05) is 0 Å². The van der Waals surface area contributed by atoms with Crippen LogP contribution in [0.2, 0.25) is 0 Å². The minimum atomic E-state index is -0.111. The smallest absolute Gasteiger partial charge is 0.220 e. The predicted octanol–water partition coefficient (Wildman–Crippen LogP) is 3.78. The van der Waals surface area contributed by atoms with Crippen LogP contribution in [0.1, 0.15) is 41.6 Å². The van der Waals surface area contributed by atoms with E-state index in [0.717, 1.165) is 28.5 Å². The van der Waals surface area contributed by atoms with Gasteiger partial charge in [-0.2, -0.15) is 5.26 Å². The van der Waals surface area contributed by atoms with Gasteiger partial charge < -0.3 is 9.88 Å². The molecule has 124 valence electrons. The van der Waals surface area contributed by atoms with Gasteiger partial charge in [0.15, 0.2) is 0 Å². The Kier molecular flexibility index (Phi) is 3.77. The zero-order chi connectivity index (χ0) is 17.4. The standard InChI is InChI=1S/C21H19N3O/c1-24-17-10-6-5-9-15(17)20(18(24)13-22)16-11-12-19(25)23-21(16)14-7-3-2-4-8-14/h2-10,16,21H,11-12H2,1H3,(H,23,25). The molecule has 0 aliphatic carbocycles. The van der Waals surface area contributed by atoms with E-state index in [9.17, 15) is 10.1 Å². The van der Waals surface area contributed by atoms with Crippen LogP contribution < -0.4 is 5.32 Å². The molecule has 1 N–H and O–H groups in total. The normalized spacial score (nSPS) is 20.2. The maximum absolute atomic E-state index is 12.1. The highest BCUT2D eigenvalue weighted by Gasteiger charge is 2.34. The summed E-state index contributed by atoms with van der Waals surface area (Å²) < 4.78 is 1.96. The van der Waals surface area contributed by atoms with Crippen LogP contribution in [-0.2, 0) is 11.8 Å². The van der Waals surface area contributed by atoms with E-state index in [0.29, 0.717) is 12.1 Å². The summed E-state index contributed by atoms with van der Waals surface area (Å²) in [5.74, 6) is 0.157. The lowest BCUT2D eigenvalue weighted by molar-refractivity contribution is -0.123. The van der Waals surface area contributed by atoms with Crippen molar-refractivity contribution in [2.24, 2.45) is 7.05 Å². The molecule has 0 saturated carbocycles.